The minimum Gasteiger partial charge on any atom is -0.367 e. The first-order valence-electron chi connectivity index (χ1n) is 14.4. The van der Waals surface area contributed by atoms with Gasteiger partial charge in [-0.25, -0.2) is 9.97 Å². The third-order valence-corrected chi connectivity index (χ3v) is 9.23. The quantitative estimate of drug-likeness (QED) is 0.525. The fourth-order valence-corrected chi connectivity index (χ4v) is 7.01. The van der Waals surface area contributed by atoms with Crippen molar-refractivity contribution in [3.63, 3.8) is 0 Å². The molecule has 5 heterocycles. The normalized spacial score (nSPS) is 25.4. The lowest BCUT2D eigenvalue weighted by molar-refractivity contribution is 0.0833. The van der Waals surface area contributed by atoms with E-state index in [1.54, 1.807) is 0 Å². The van der Waals surface area contributed by atoms with Crippen molar-refractivity contribution in [1.29, 1.82) is 0 Å². The van der Waals surface area contributed by atoms with Crippen molar-refractivity contribution >= 4 is 34.4 Å². The number of rotatable bonds is 5. The zero-order valence-electron chi connectivity index (χ0n) is 22.5. The number of aromatic nitrogens is 4. The maximum atomic E-state index is 12.7. The number of anilines is 3. The number of piperazine rings is 1. The van der Waals surface area contributed by atoms with Gasteiger partial charge >= 0.3 is 0 Å². The molecule has 4 aliphatic rings. The van der Waals surface area contributed by atoms with Crippen molar-refractivity contribution in [2.45, 2.75) is 76.4 Å². The van der Waals surface area contributed by atoms with E-state index < -0.39 is 0 Å². The predicted octanol–water partition coefficient (Wildman–Crippen LogP) is 4.28. The molecule has 3 aromatic heterocycles. The number of amides is 1. The Labute approximate surface area is 224 Å². The Hall–Kier alpha value is -3.20. The summed E-state index contributed by atoms with van der Waals surface area (Å²) in [6.07, 6.45) is 12.3. The van der Waals surface area contributed by atoms with Crippen LogP contribution in [0.2, 0.25) is 0 Å². The Morgan fingerprint density at radius 2 is 1.84 bits per heavy atom. The van der Waals surface area contributed by atoms with Gasteiger partial charge < -0.3 is 20.1 Å². The average Bonchev–Trinajstić information content (AvgIpc) is 3.66. The molecule has 200 valence electrons. The Kier molecular flexibility index (Phi) is 5.80. The maximum Gasteiger partial charge on any atom is 0.268 e. The zero-order chi connectivity index (χ0) is 25.9. The van der Waals surface area contributed by atoms with E-state index in [9.17, 15) is 4.79 Å². The minimum absolute atomic E-state index is 0.0250. The molecule has 2 saturated carbocycles. The van der Waals surface area contributed by atoms with Gasteiger partial charge in [0, 0.05) is 49.8 Å². The third kappa shape index (κ3) is 4.21. The lowest BCUT2D eigenvalue weighted by Gasteiger charge is -2.45. The van der Waals surface area contributed by atoms with E-state index >= 15 is 0 Å². The first-order chi connectivity index (χ1) is 18.5. The van der Waals surface area contributed by atoms with Crippen LogP contribution in [0.4, 0.5) is 17.5 Å². The molecule has 3 fully saturated rings. The minimum atomic E-state index is -0.0915. The van der Waals surface area contributed by atoms with E-state index in [-0.39, 0.29) is 11.4 Å². The van der Waals surface area contributed by atoms with Gasteiger partial charge in [-0.15, -0.1) is 0 Å². The van der Waals surface area contributed by atoms with Gasteiger partial charge in [-0.2, -0.15) is 4.98 Å². The summed E-state index contributed by atoms with van der Waals surface area (Å²) >= 11 is 0. The molecule has 2 aliphatic heterocycles. The van der Waals surface area contributed by atoms with E-state index in [2.05, 4.69) is 49.9 Å². The number of nitrogens with one attached hydrogen (secondary N) is 2. The number of carbonyl (C=O) groups excluding carboxylic acids is 1. The molecule has 7 rings (SSSR count). The predicted molar refractivity (Wildman–Crippen MR) is 149 cm³/mol. The second kappa shape index (κ2) is 9.22. The van der Waals surface area contributed by atoms with Crippen molar-refractivity contribution in [3.05, 3.63) is 36.3 Å². The highest BCUT2D eigenvalue weighted by Gasteiger charge is 2.41. The van der Waals surface area contributed by atoms with Crippen LogP contribution in [-0.4, -0.2) is 68.6 Å². The Balaban J connectivity index is 1.10. The molecule has 9 nitrogen and oxygen atoms in total. The number of fused-ring (bicyclic) bond motifs is 4. The van der Waals surface area contributed by atoms with Crippen LogP contribution in [0, 0.1) is 5.92 Å². The van der Waals surface area contributed by atoms with Gasteiger partial charge in [-0.05, 0) is 63.6 Å². The summed E-state index contributed by atoms with van der Waals surface area (Å²) in [6.45, 7) is 8.68. The van der Waals surface area contributed by atoms with Gasteiger partial charge in [0.2, 0.25) is 5.95 Å². The summed E-state index contributed by atoms with van der Waals surface area (Å²) in [6, 6.07) is 7.17. The Morgan fingerprint density at radius 1 is 1.05 bits per heavy atom. The summed E-state index contributed by atoms with van der Waals surface area (Å²) in [7, 11) is 0. The number of hydrogen-bond acceptors (Lipinski definition) is 7. The molecule has 1 amide bonds. The number of nitrogens with zero attached hydrogens (tertiary/aromatic N) is 6. The molecule has 1 saturated heterocycles. The highest BCUT2D eigenvalue weighted by molar-refractivity contribution is 5.99. The molecule has 1 spiro atoms. The van der Waals surface area contributed by atoms with E-state index in [4.69, 9.17) is 9.97 Å². The first-order valence-corrected chi connectivity index (χ1v) is 14.4. The molecule has 2 aliphatic carbocycles. The van der Waals surface area contributed by atoms with Crippen LogP contribution in [0.5, 0.6) is 0 Å². The van der Waals surface area contributed by atoms with E-state index in [1.807, 2.05) is 24.5 Å². The van der Waals surface area contributed by atoms with Crippen molar-refractivity contribution in [2.75, 3.05) is 36.4 Å². The molecule has 0 bridgehead atoms. The van der Waals surface area contributed by atoms with E-state index in [0.29, 0.717) is 30.3 Å². The Bertz CT molecular complexity index is 1330. The molecule has 0 aromatic carbocycles. The first kappa shape index (κ1) is 23.9. The molecule has 0 radical (unpaired) electrons. The molecule has 9 heteroatoms. The molecule has 1 unspecified atom stereocenters. The third-order valence-electron chi connectivity index (χ3n) is 9.23. The summed E-state index contributed by atoms with van der Waals surface area (Å²) < 4.78 is 2.20. The molecular formula is C29H38N8O. The maximum absolute atomic E-state index is 12.7. The number of carbonyl (C=O) groups is 1. The molecular weight excluding hydrogens is 476 g/mol. The van der Waals surface area contributed by atoms with Gasteiger partial charge in [0.05, 0.1) is 17.4 Å². The fourth-order valence-electron chi connectivity index (χ4n) is 7.01. The second-order valence-corrected chi connectivity index (χ2v) is 12.1. The number of hydrogen-bond donors (Lipinski definition) is 2. The molecule has 3 aromatic rings. The SMILES string of the molecule is CC1CN(c2ccc(Nc3ncc4cc5n(c4n3)C3(CCCCC3)CNC5=O)nc2)C[C@@H](C)N1CC1CC1. The van der Waals surface area contributed by atoms with Crippen LogP contribution in [0.1, 0.15) is 69.3 Å². The van der Waals surface area contributed by atoms with Crippen LogP contribution in [0.3, 0.4) is 0 Å². The van der Waals surface area contributed by atoms with Crippen molar-refractivity contribution < 1.29 is 4.79 Å². The van der Waals surface area contributed by atoms with Crippen molar-refractivity contribution in [1.82, 2.24) is 29.7 Å². The second-order valence-electron chi connectivity index (χ2n) is 12.1. The van der Waals surface area contributed by atoms with Gasteiger partial charge in [-0.1, -0.05) is 19.3 Å². The van der Waals surface area contributed by atoms with Crippen LogP contribution in [0.25, 0.3) is 11.0 Å². The average molecular weight is 515 g/mol. The van der Waals surface area contributed by atoms with E-state index in [0.717, 1.165) is 54.4 Å². The summed E-state index contributed by atoms with van der Waals surface area (Å²) in [4.78, 5) is 32.0. The highest BCUT2D eigenvalue weighted by Crippen LogP contribution is 2.40. The number of pyridine rings is 1. The zero-order valence-corrected chi connectivity index (χ0v) is 22.5. The monoisotopic (exact) mass is 514 g/mol. The van der Waals surface area contributed by atoms with Crippen molar-refractivity contribution in [3.8, 4) is 0 Å². The lowest BCUT2D eigenvalue weighted by Crippen LogP contribution is -2.57. The van der Waals surface area contributed by atoms with Gasteiger partial charge in [0.25, 0.3) is 5.91 Å². The molecule has 2 atom stereocenters. The van der Waals surface area contributed by atoms with Crippen LogP contribution in [-0.2, 0) is 5.54 Å². The standard InChI is InChI=1S/C29H38N8O/c1-19-15-35(16-20(2)36(19)17-21-6-7-21)23-8-9-25(30-14-23)33-28-31-13-22-12-24-27(38)32-18-29(10-4-3-5-11-29)37(24)26(22)34-28/h8-9,12-14,19-21H,3-7,10-11,15-18H2,1-2H3,(H,32,38)(H,30,31,33,34)/t19-,20?/m1/s1. The summed E-state index contributed by atoms with van der Waals surface area (Å²) in [5.74, 6) is 2.12. The molecule has 38 heavy (non-hydrogen) atoms. The van der Waals surface area contributed by atoms with Gasteiger partial charge in [0.1, 0.15) is 17.2 Å². The summed E-state index contributed by atoms with van der Waals surface area (Å²) in [5, 5.41) is 7.33. The highest BCUT2D eigenvalue weighted by atomic mass is 16.2. The lowest BCUT2D eigenvalue weighted by atomic mass is 9.80. The van der Waals surface area contributed by atoms with Crippen LogP contribution < -0.4 is 15.5 Å². The van der Waals surface area contributed by atoms with Crippen molar-refractivity contribution in [2.24, 2.45) is 5.92 Å². The smallest absolute Gasteiger partial charge is 0.268 e. The topological polar surface area (TPSA) is 91.2 Å². The van der Waals surface area contributed by atoms with Crippen LogP contribution >= 0.6 is 0 Å². The molecule has 2 N–H and O–H groups in total. The van der Waals surface area contributed by atoms with Crippen LogP contribution in [0.15, 0.2) is 30.6 Å². The largest absolute Gasteiger partial charge is 0.367 e. The fraction of sp³-hybridized carbons (Fsp3) is 0.586. The van der Waals surface area contributed by atoms with Gasteiger partial charge in [-0.3, -0.25) is 9.69 Å². The summed E-state index contributed by atoms with van der Waals surface area (Å²) in [5.41, 5.74) is 2.59. The van der Waals surface area contributed by atoms with Gasteiger partial charge in [0.15, 0.2) is 0 Å². The Morgan fingerprint density at radius 3 is 2.55 bits per heavy atom. The van der Waals surface area contributed by atoms with E-state index in [1.165, 1.54) is 38.6 Å².